The number of amides is 1. The van der Waals surface area contributed by atoms with Crippen LogP contribution in [0.2, 0.25) is 10.4 Å². The summed E-state index contributed by atoms with van der Waals surface area (Å²) < 4.78 is 66.6. The number of alkyl halides is 3. The normalized spacial score (nSPS) is 17.6. The molecule has 6 nitrogen and oxygen atoms in total. The van der Waals surface area contributed by atoms with E-state index in [1.807, 2.05) is 0 Å². The van der Waals surface area contributed by atoms with E-state index in [9.17, 15) is 31.5 Å². The van der Waals surface area contributed by atoms with Gasteiger partial charge >= 0.3 is 182 Å². The monoisotopic (exact) mass is 539 g/mol. The average molecular weight is 539 g/mol. The average Bonchev–Trinajstić information content (AvgIpc) is 2.74. The van der Waals surface area contributed by atoms with Gasteiger partial charge in [0, 0.05) is 0 Å². The molecule has 2 rings (SSSR count). The fraction of sp³-hybridized carbons (Fsp3) is 0.667. The zero-order valence-corrected chi connectivity index (χ0v) is 21.2. The van der Waals surface area contributed by atoms with Crippen LogP contribution in [0, 0.1) is 5.92 Å². The molecule has 1 atom stereocenters. The summed E-state index contributed by atoms with van der Waals surface area (Å²) in [4.78, 5) is 14.2. The third kappa shape index (κ3) is 6.71. The van der Waals surface area contributed by atoms with Crippen LogP contribution in [-0.2, 0) is 21.0 Å². The Labute approximate surface area is 194 Å². The molecule has 0 saturated carbocycles. The predicted octanol–water partition coefficient (Wildman–Crippen LogP) is 3.27. The SMILES string of the molecule is C[As][C@@H](CC(C)C)C(=O)N1CCC(N(CCO)S(=O)(=O)c2cccc(C(F)(F)F)c2)CC1. The minimum absolute atomic E-state index is 0.0187. The van der Waals surface area contributed by atoms with E-state index in [4.69, 9.17) is 0 Å². The van der Waals surface area contributed by atoms with Gasteiger partial charge in [0.15, 0.2) is 0 Å². The van der Waals surface area contributed by atoms with Crippen LogP contribution < -0.4 is 0 Å². The summed E-state index contributed by atoms with van der Waals surface area (Å²) in [5.74, 6) is 0.517. The third-order valence-electron chi connectivity index (χ3n) is 5.56. The number of piperidine rings is 1. The Balaban J connectivity index is 2.18. The van der Waals surface area contributed by atoms with Crippen LogP contribution in [0.5, 0.6) is 0 Å². The first-order chi connectivity index (χ1) is 14.9. The molecule has 181 valence electrons. The van der Waals surface area contributed by atoms with Crippen molar-refractivity contribution in [3.8, 4) is 0 Å². The summed E-state index contributed by atoms with van der Waals surface area (Å²) >= 11 is -0.126. The minimum atomic E-state index is -4.66. The number of halogens is 3. The number of nitrogens with zero attached hydrogens (tertiary/aromatic N) is 2. The maximum atomic E-state index is 13.2. The van der Waals surface area contributed by atoms with Gasteiger partial charge in [0.05, 0.1) is 0 Å². The van der Waals surface area contributed by atoms with E-state index >= 15 is 0 Å². The number of hydrogen-bond acceptors (Lipinski definition) is 4. The fourth-order valence-electron chi connectivity index (χ4n) is 3.91. The van der Waals surface area contributed by atoms with Crippen LogP contribution in [0.15, 0.2) is 29.2 Å². The van der Waals surface area contributed by atoms with Crippen molar-refractivity contribution in [2.75, 3.05) is 26.2 Å². The van der Waals surface area contributed by atoms with Gasteiger partial charge in [-0.3, -0.25) is 0 Å². The molecule has 1 aromatic carbocycles. The van der Waals surface area contributed by atoms with E-state index in [0.717, 1.165) is 28.9 Å². The Morgan fingerprint density at radius 1 is 1.28 bits per heavy atom. The zero-order valence-electron chi connectivity index (χ0n) is 18.5. The predicted molar refractivity (Wildman–Crippen MR) is 117 cm³/mol. The van der Waals surface area contributed by atoms with Crippen molar-refractivity contribution in [3.63, 3.8) is 0 Å². The second kappa shape index (κ2) is 11.4. The van der Waals surface area contributed by atoms with Crippen molar-refractivity contribution >= 4 is 31.7 Å². The molecule has 1 aromatic rings. The molecule has 1 aliphatic rings. The molecule has 0 unspecified atom stereocenters. The van der Waals surface area contributed by atoms with Gasteiger partial charge in [-0.2, -0.15) is 13.2 Å². The quantitative estimate of drug-likeness (QED) is 0.489. The van der Waals surface area contributed by atoms with Gasteiger partial charge in [-0.15, -0.1) is 0 Å². The van der Waals surface area contributed by atoms with Crippen LogP contribution >= 0.6 is 0 Å². The van der Waals surface area contributed by atoms with E-state index in [1.165, 1.54) is 0 Å². The maximum absolute atomic E-state index is 13.2. The molecule has 0 aliphatic carbocycles. The summed E-state index contributed by atoms with van der Waals surface area (Å²) in [7, 11) is -4.25. The topological polar surface area (TPSA) is 77.9 Å². The van der Waals surface area contributed by atoms with Gasteiger partial charge in [-0.25, -0.2) is 0 Å². The van der Waals surface area contributed by atoms with Crippen LogP contribution in [0.1, 0.15) is 38.7 Å². The Morgan fingerprint density at radius 2 is 1.91 bits per heavy atom. The van der Waals surface area contributed by atoms with Crippen LogP contribution in [-0.4, -0.2) is 76.7 Å². The molecule has 1 radical (unpaired) electrons. The third-order valence-corrected chi connectivity index (χ3v) is 9.72. The van der Waals surface area contributed by atoms with Crippen LogP contribution in [0.3, 0.4) is 0 Å². The second-order valence-corrected chi connectivity index (χ2v) is 12.6. The van der Waals surface area contributed by atoms with Crippen molar-refractivity contribution in [2.24, 2.45) is 5.92 Å². The molecule has 0 aromatic heterocycles. The van der Waals surface area contributed by atoms with Crippen LogP contribution in [0.25, 0.3) is 0 Å². The molecule has 0 spiro atoms. The van der Waals surface area contributed by atoms with Crippen molar-refractivity contribution < 1.29 is 31.5 Å². The summed E-state index contributed by atoms with van der Waals surface area (Å²) in [5, 5.41) is 9.44. The van der Waals surface area contributed by atoms with E-state index < -0.39 is 39.3 Å². The summed E-state index contributed by atoms with van der Waals surface area (Å²) in [6.45, 7) is 4.27. The first-order valence-electron chi connectivity index (χ1n) is 10.6. The first kappa shape index (κ1) is 27.2. The number of carbonyl (C=O) groups is 1. The molecule has 1 fully saturated rings. The molecule has 1 heterocycles. The van der Waals surface area contributed by atoms with Gasteiger partial charge in [0.1, 0.15) is 0 Å². The number of aliphatic hydroxyl groups excluding tert-OH is 1. The Morgan fingerprint density at radius 3 is 2.41 bits per heavy atom. The molecule has 1 N–H and O–H groups in total. The van der Waals surface area contributed by atoms with E-state index in [1.54, 1.807) is 4.90 Å². The van der Waals surface area contributed by atoms with Gasteiger partial charge in [0.25, 0.3) is 0 Å². The number of benzene rings is 1. The van der Waals surface area contributed by atoms with E-state index in [-0.39, 0.29) is 32.9 Å². The van der Waals surface area contributed by atoms with Gasteiger partial charge < -0.3 is 0 Å². The van der Waals surface area contributed by atoms with Crippen molar-refractivity contribution in [2.45, 2.75) is 60.6 Å². The van der Waals surface area contributed by atoms with Gasteiger partial charge in [0.2, 0.25) is 0 Å². The summed E-state index contributed by atoms with van der Waals surface area (Å²) in [5.41, 5.74) is 1.03. The Bertz CT molecular complexity index is 872. The van der Waals surface area contributed by atoms with Gasteiger partial charge in [-0.05, 0) is 0 Å². The second-order valence-electron chi connectivity index (χ2n) is 8.32. The Kier molecular flexibility index (Phi) is 9.64. The molecular formula is C21H31AsF3N2O4S. The number of rotatable bonds is 9. The first-order valence-corrected chi connectivity index (χ1v) is 15.0. The number of aliphatic hydroxyl groups is 1. The standard InChI is InChI=1S/C21H31AsF3N2O4S/c1-15(2)13-19(22-3)20(29)26-9-7-17(8-10-26)27(11-12-28)32(30,31)18-6-4-5-16(14-18)21(23,24)25/h4-6,14-15,17,19,28H,7-13H2,1-3H3/t19-/m0/s1. The Hall–Kier alpha value is -1.09. The van der Waals surface area contributed by atoms with E-state index in [0.29, 0.717) is 37.9 Å². The molecule has 32 heavy (non-hydrogen) atoms. The van der Waals surface area contributed by atoms with E-state index in [2.05, 4.69) is 19.6 Å². The van der Waals surface area contributed by atoms with Crippen molar-refractivity contribution in [1.82, 2.24) is 9.21 Å². The van der Waals surface area contributed by atoms with Crippen molar-refractivity contribution in [1.29, 1.82) is 0 Å². The zero-order chi connectivity index (χ0) is 24.1. The number of hydrogen-bond donors (Lipinski definition) is 1. The fourth-order valence-corrected chi connectivity index (χ4v) is 7.77. The molecule has 1 amide bonds. The molecule has 0 bridgehead atoms. The van der Waals surface area contributed by atoms with Gasteiger partial charge in [-0.1, -0.05) is 0 Å². The number of likely N-dealkylation sites (tertiary alicyclic amines) is 1. The summed E-state index contributed by atoms with van der Waals surface area (Å²) in [6, 6.07) is 3.15. The molecule has 1 aliphatic heterocycles. The molecular weight excluding hydrogens is 508 g/mol. The molecule has 11 heteroatoms. The number of carbonyl (C=O) groups excluding carboxylic acids is 1. The van der Waals surface area contributed by atoms with Crippen molar-refractivity contribution in [3.05, 3.63) is 29.8 Å². The molecule has 1 saturated heterocycles. The van der Waals surface area contributed by atoms with Crippen LogP contribution in [0.4, 0.5) is 13.2 Å². The number of sulfonamides is 1. The summed E-state index contributed by atoms with van der Waals surface area (Å²) in [6.07, 6.45) is -3.08.